The highest BCUT2D eigenvalue weighted by atomic mass is 16.3. The van der Waals surface area contributed by atoms with Crippen molar-refractivity contribution in [2.45, 2.75) is 12.5 Å². The standard InChI is InChI=1S/C20H23N3O2/c1-3-15-10-18(9-8-17(15)12-22-2)23-20(25)19(11-21)16-6-4-14(13-24)5-7-16/h3-10,12,19,24H,1,11,13,21H2,2H3,(H,23,25). The van der Waals surface area contributed by atoms with E-state index in [1.165, 1.54) is 0 Å². The van der Waals surface area contributed by atoms with Gasteiger partial charge in [-0.3, -0.25) is 9.79 Å². The zero-order chi connectivity index (χ0) is 18.2. The molecule has 1 amide bonds. The van der Waals surface area contributed by atoms with E-state index in [1.807, 2.05) is 30.3 Å². The van der Waals surface area contributed by atoms with E-state index in [-0.39, 0.29) is 19.1 Å². The minimum atomic E-state index is -0.461. The van der Waals surface area contributed by atoms with Gasteiger partial charge in [0, 0.05) is 25.5 Å². The molecule has 0 saturated carbocycles. The molecule has 0 heterocycles. The molecule has 4 N–H and O–H groups in total. The van der Waals surface area contributed by atoms with Gasteiger partial charge in [-0.15, -0.1) is 0 Å². The molecule has 0 aliphatic carbocycles. The Labute approximate surface area is 147 Å². The Kier molecular flexibility index (Phi) is 6.62. The van der Waals surface area contributed by atoms with Crippen molar-refractivity contribution >= 4 is 23.9 Å². The van der Waals surface area contributed by atoms with Gasteiger partial charge >= 0.3 is 0 Å². The lowest BCUT2D eigenvalue weighted by Gasteiger charge is -2.16. The number of aliphatic imine (C=N–C) groups is 1. The molecule has 5 heteroatoms. The van der Waals surface area contributed by atoms with Gasteiger partial charge in [-0.1, -0.05) is 43.0 Å². The Balaban J connectivity index is 2.19. The Morgan fingerprint density at radius 3 is 2.56 bits per heavy atom. The average molecular weight is 337 g/mol. The zero-order valence-electron chi connectivity index (χ0n) is 14.3. The number of nitrogens with one attached hydrogen (secondary N) is 1. The van der Waals surface area contributed by atoms with E-state index < -0.39 is 5.92 Å². The molecule has 25 heavy (non-hydrogen) atoms. The van der Waals surface area contributed by atoms with Crippen molar-refractivity contribution in [2.24, 2.45) is 10.7 Å². The van der Waals surface area contributed by atoms with Crippen molar-refractivity contribution in [1.82, 2.24) is 0 Å². The van der Waals surface area contributed by atoms with Crippen LogP contribution in [0.2, 0.25) is 0 Å². The van der Waals surface area contributed by atoms with Crippen molar-refractivity contribution in [3.63, 3.8) is 0 Å². The summed E-state index contributed by atoms with van der Waals surface area (Å²) >= 11 is 0. The van der Waals surface area contributed by atoms with Gasteiger partial charge in [-0.05, 0) is 34.4 Å². The molecule has 1 unspecified atom stereocenters. The Morgan fingerprint density at radius 2 is 2.00 bits per heavy atom. The number of benzene rings is 2. The third kappa shape index (κ3) is 4.62. The highest BCUT2D eigenvalue weighted by Gasteiger charge is 2.19. The van der Waals surface area contributed by atoms with Crippen LogP contribution in [0.25, 0.3) is 6.08 Å². The first-order valence-electron chi connectivity index (χ1n) is 8.02. The third-order valence-electron chi connectivity index (χ3n) is 3.96. The van der Waals surface area contributed by atoms with Crippen LogP contribution in [0.3, 0.4) is 0 Å². The van der Waals surface area contributed by atoms with E-state index in [0.717, 1.165) is 22.3 Å². The Morgan fingerprint density at radius 1 is 1.28 bits per heavy atom. The molecule has 0 fully saturated rings. The number of hydrogen-bond donors (Lipinski definition) is 3. The molecule has 2 rings (SSSR count). The second kappa shape index (κ2) is 8.92. The molecular formula is C20H23N3O2. The van der Waals surface area contributed by atoms with Gasteiger partial charge in [0.05, 0.1) is 12.5 Å². The van der Waals surface area contributed by atoms with Crippen LogP contribution in [-0.2, 0) is 11.4 Å². The van der Waals surface area contributed by atoms with Crippen LogP contribution in [0, 0.1) is 0 Å². The summed E-state index contributed by atoms with van der Waals surface area (Å²) in [4.78, 5) is 16.6. The van der Waals surface area contributed by atoms with Crippen LogP contribution in [0.1, 0.15) is 28.2 Å². The summed E-state index contributed by atoms with van der Waals surface area (Å²) in [7, 11) is 1.70. The predicted octanol–water partition coefficient (Wildman–Crippen LogP) is 2.55. The Bertz CT molecular complexity index is 767. The number of hydrogen-bond acceptors (Lipinski definition) is 4. The number of aliphatic hydroxyl groups is 1. The predicted molar refractivity (Wildman–Crippen MR) is 103 cm³/mol. The lowest BCUT2D eigenvalue weighted by atomic mass is 9.97. The zero-order valence-corrected chi connectivity index (χ0v) is 14.3. The molecule has 0 bridgehead atoms. The number of carbonyl (C=O) groups excluding carboxylic acids is 1. The third-order valence-corrected chi connectivity index (χ3v) is 3.96. The maximum Gasteiger partial charge on any atom is 0.233 e. The monoisotopic (exact) mass is 337 g/mol. The van der Waals surface area contributed by atoms with Gasteiger partial charge in [0.2, 0.25) is 5.91 Å². The topological polar surface area (TPSA) is 87.7 Å². The normalized spacial score (nSPS) is 12.1. The molecule has 2 aromatic rings. The maximum absolute atomic E-state index is 12.6. The summed E-state index contributed by atoms with van der Waals surface area (Å²) in [5.74, 6) is -0.636. The first-order chi connectivity index (χ1) is 12.1. The number of anilines is 1. The Hall–Kier alpha value is -2.76. The molecule has 1 atom stereocenters. The van der Waals surface area contributed by atoms with Crippen molar-refractivity contribution in [1.29, 1.82) is 0 Å². The van der Waals surface area contributed by atoms with E-state index in [0.29, 0.717) is 5.69 Å². The number of rotatable bonds is 7. The van der Waals surface area contributed by atoms with Gasteiger partial charge in [-0.2, -0.15) is 0 Å². The molecule has 0 spiro atoms. The molecular weight excluding hydrogens is 314 g/mol. The van der Waals surface area contributed by atoms with Crippen LogP contribution < -0.4 is 11.1 Å². The lowest BCUT2D eigenvalue weighted by molar-refractivity contribution is -0.117. The van der Waals surface area contributed by atoms with Gasteiger partial charge in [0.15, 0.2) is 0 Å². The molecule has 0 aliphatic heterocycles. The van der Waals surface area contributed by atoms with Gasteiger partial charge < -0.3 is 16.2 Å². The van der Waals surface area contributed by atoms with E-state index in [2.05, 4.69) is 16.9 Å². The first kappa shape index (κ1) is 18.6. The summed E-state index contributed by atoms with van der Waals surface area (Å²) in [6.45, 7) is 3.96. The van der Waals surface area contributed by atoms with E-state index in [9.17, 15) is 4.79 Å². The summed E-state index contributed by atoms with van der Waals surface area (Å²) < 4.78 is 0. The second-order valence-corrected chi connectivity index (χ2v) is 5.61. The molecule has 130 valence electrons. The highest BCUT2D eigenvalue weighted by Crippen LogP contribution is 2.21. The molecule has 5 nitrogen and oxygen atoms in total. The summed E-state index contributed by atoms with van der Waals surface area (Å²) in [6.07, 6.45) is 3.47. The second-order valence-electron chi connectivity index (χ2n) is 5.61. The van der Waals surface area contributed by atoms with Gasteiger partial charge in [0.1, 0.15) is 0 Å². The first-order valence-corrected chi connectivity index (χ1v) is 8.02. The van der Waals surface area contributed by atoms with Crippen LogP contribution in [0.4, 0.5) is 5.69 Å². The smallest absolute Gasteiger partial charge is 0.233 e. The van der Waals surface area contributed by atoms with Crippen LogP contribution in [0.15, 0.2) is 54.0 Å². The number of amides is 1. The maximum atomic E-state index is 12.6. The average Bonchev–Trinajstić information content (AvgIpc) is 2.64. The van der Waals surface area contributed by atoms with Crippen LogP contribution >= 0.6 is 0 Å². The number of nitrogens with two attached hydrogens (primary N) is 1. The number of carbonyl (C=O) groups is 1. The summed E-state index contributed by atoms with van der Waals surface area (Å²) in [5, 5.41) is 12.0. The molecule has 0 aliphatic rings. The van der Waals surface area contributed by atoms with Crippen LogP contribution in [0.5, 0.6) is 0 Å². The van der Waals surface area contributed by atoms with E-state index in [4.69, 9.17) is 10.8 Å². The fourth-order valence-electron chi connectivity index (χ4n) is 2.57. The SMILES string of the molecule is C=Cc1cc(NC(=O)C(CN)c2ccc(CO)cc2)ccc1C=NC. The fourth-order valence-corrected chi connectivity index (χ4v) is 2.57. The van der Waals surface area contributed by atoms with E-state index >= 15 is 0 Å². The fraction of sp³-hybridized carbons (Fsp3) is 0.200. The highest BCUT2D eigenvalue weighted by molar-refractivity contribution is 5.97. The molecule has 2 aromatic carbocycles. The lowest BCUT2D eigenvalue weighted by Crippen LogP contribution is -2.27. The molecule has 0 radical (unpaired) electrons. The van der Waals surface area contributed by atoms with Crippen molar-refractivity contribution in [2.75, 3.05) is 18.9 Å². The summed E-state index contributed by atoms with van der Waals surface area (Å²) in [6, 6.07) is 12.8. The van der Waals surface area contributed by atoms with E-state index in [1.54, 1.807) is 31.5 Å². The summed E-state index contributed by atoms with van der Waals surface area (Å²) in [5.41, 5.74) is 9.92. The van der Waals surface area contributed by atoms with Gasteiger partial charge in [0.25, 0.3) is 0 Å². The number of aliphatic hydroxyl groups excluding tert-OH is 1. The van der Waals surface area contributed by atoms with Crippen molar-refractivity contribution in [3.05, 3.63) is 71.3 Å². The van der Waals surface area contributed by atoms with Crippen molar-refractivity contribution in [3.8, 4) is 0 Å². The van der Waals surface area contributed by atoms with Crippen molar-refractivity contribution < 1.29 is 9.90 Å². The number of nitrogens with zero attached hydrogens (tertiary/aromatic N) is 1. The largest absolute Gasteiger partial charge is 0.392 e. The minimum Gasteiger partial charge on any atom is -0.392 e. The minimum absolute atomic E-state index is 0.0302. The molecule has 0 saturated heterocycles. The quantitative estimate of drug-likeness (QED) is 0.679. The van der Waals surface area contributed by atoms with Gasteiger partial charge in [-0.25, -0.2) is 0 Å². The van der Waals surface area contributed by atoms with Crippen LogP contribution in [-0.4, -0.2) is 30.8 Å². The molecule has 0 aromatic heterocycles.